The van der Waals surface area contributed by atoms with Crippen LogP contribution in [-0.4, -0.2) is 27.9 Å². The summed E-state index contributed by atoms with van der Waals surface area (Å²) in [4.78, 5) is 18.2. The van der Waals surface area contributed by atoms with Gasteiger partial charge in [-0.05, 0) is 43.2 Å². The van der Waals surface area contributed by atoms with E-state index in [1.807, 2.05) is 37.3 Å². The second-order valence-corrected chi connectivity index (χ2v) is 5.09. The fourth-order valence-electron chi connectivity index (χ4n) is 2.15. The Bertz CT molecular complexity index is 581. The van der Waals surface area contributed by atoms with E-state index in [2.05, 4.69) is 4.98 Å². The number of aromatic hydroxyl groups is 1. The summed E-state index contributed by atoms with van der Waals surface area (Å²) in [5.41, 5.74) is 1.93. The average Bonchev–Trinajstić information content (AvgIpc) is 2.53. The lowest BCUT2D eigenvalue weighted by Crippen LogP contribution is -2.29. The zero-order chi connectivity index (χ0) is 15.2. The molecule has 110 valence electrons. The SMILES string of the molecule is CC(c1ccc(O)cc1)N(C)C(=O)CCc1ccccn1. The largest absolute Gasteiger partial charge is 0.508 e. The van der Waals surface area contributed by atoms with Gasteiger partial charge in [-0.15, -0.1) is 0 Å². The van der Waals surface area contributed by atoms with Crippen LogP contribution in [0.25, 0.3) is 0 Å². The second-order valence-electron chi connectivity index (χ2n) is 5.09. The molecule has 2 aromatic rings. The normalized spacial score (nSPS) is 11.9. The molecule has 1 aromatic carbocycles. The van der Waals surface area contributed by atoms with Gasteiger partial charge in [0.2, 0.25) is 5.91 Å². The molecule has 1 atom stereocenters. The zero-order valence-corrected chi connectivity index (χ0v) is 12.4. The number of carbonyl (C=O) groups excluding carboxylic acids is 1. The van der Waals surface area contributed by atoms with E-state index in [-0.39, 0.29) is 17.7 Å². The highest BCUT2D eigenvalue weighted by atomic mass is 16.3. The van der Waals surface area contributed by atoms with E-state index >= 15 is 0 Å². The van der Waals surface area contributed by atoms with Crippen molar-refractivity contribution in [1.82, 2.24) is 9.88 Å². The molecule has 0 aliphatic heterocycles. The molecule has 0 fully saturated rings. The minimum atomic E-state index is -0.0261. The predicted octanol–water partition coefficient (Wildman–Crippen LogP) is 2.94. The molecule has 0 radical (unpaired) electrons. The van der Waals surface area contributed by atoms with Crippen molar-refractivity contribution < 1.29 is 9.90 Å². The van der Waals surface area contributed by atoms with Crippen molar-refractivity contribution in [3.63, 3.8) is 0 Å². The average molecular weight is 284 g/mol. The highest BCUT2D eigenvalue weighted by Crippen LogP contribution is 2.21. The van der Waals surface area contributed by atoms with E-state index < -0.39 is 0 Å². The first-order chi connectivity index (χ1) is 10.1. The third-order valence-electron chi connectivity index (χ3n) is 3.67. The molecule has 21 heavy (non-hydrogen) atoms. The van der Waals surface area contributed by atoms with E-state index in [0.29, 0.717) is 12.8 Å². The van der Waals surface area contributed by atoms with Crippen molar-refractivity contribution in [2.75, 3.05) is 7.05 Å². The molecule has 0 aliphatic rings. The summed E-state index contributed by atoms with van der Waals surface area (Å²) in [6.07, 6.45) is 2.82. The number of hydrogen-bond donors (Lipinski definition) is 1. The van der Waals surface area contributed by atoms with Gasteiger partial charge in [-0.25, -0.2) is 0 Å². The van der Waals surface area contributed by atoms with Crippen molar-refractivity contribution in [2.24, 2.45) is 0 Å². The summed E-state index contributed by atoms with van der Waals surface area (Å²) in [6.45, 7) is 1.98. The van der Waals surface area contributed by atoms with Crippen molar-refractivity contribution >= 4 is 5.91 Å². The van der Waals surface area contributed by atoms with Gasteiger partial charge in [0.25, 0.3) is 0 Å². The molecule has 0 bridgehead atoms. The fraction of sp³-hybridized carbons (Fsp3) is 0.294. The molecule has 0 saturated heterocycles. The van der Waals surface area contributed by atoms with E-state index in [4.69, 9.17) is 0 Å². The van der Waals surface area contributed by atoms with E-state index in [1.165, 1.54) is 0 Å². The van der Waals surface area contributed by atoms with Crippen molar-refractivity contribution in [2.45, 2.75) is 25.8 Å². The number of rotatable bonds is 5. The maximum Gasteiger partial charge on any atom is 0.223 e. The molecule has 2 rings (SSSR count). The van der Waals surface area contributed by atoms with Gasteiger partial charge in [0.05, 0.1) is 6.04 Å². The Morgan fingerprint density at radius 2 is 1.95 bits per heavy atom. The number of benzene rings is 1. The van der Waals surface area contributed by atoms with Crippen LogP contribution in [-0.2, 0) is 11.2 Å². The van der Waals surface area contributed by atoms with Gasteiger partial charge in [0.1, 0.15) is 5.75 Å². The number of aryl methyl sites for hydroxylation is 1. The number of nitrogens with zero attached hydrogens (tertiary/aromatic N) is 2. The number of hydrogen-bond acceptors (Lipinski definition) is 3. The van der Waals surface area contributed by atoms with Gasteiger partial charge in [-0.3, -0.25) is 9.78 Å². The van der Waals surface area contributed by atoms with Crippen LogP contribution < -0.4 is 0 Å². The molecule has 0 saturated carbocycles. The Balaban J connectivity index is 1.94. The molecule has 0 aliphatic carbocycles. The maximum atomic E-state index is 12.2. The first kappa shape index (κ1) is 15.0. The highest BCUT2D eigenvalue weighted by Gasteiger charge is 2.17. The predicted molar refractivity (Wildman–Crippen MR) is 81.8 cm³/mol. The van der Waals surface area contributed by atoms with Crippen LogP contribution >= 0.6 is 0 Å². The molecule has 1 unspecified atom stereocenters. The van der Waals surface area contributed by atoms with Gasteiger partial charge in [0.15, 0.2) is 0 Å². The third-order valence-corrected chi connectivity index (χ3v) is 3.67. The molecular weight excluding hydrogens is 264 g/mol. The summed E-state index contributed by atoms with van der Waals surface area (Å²) in [5, 5.41) is 9.31. The first-order valence-corrected chi connectivity index (χ1v) is 7.02. The van der Waals surface area contributed by atoms with Crippen LogP contribution in [0.5, 0.6) is 5.75 Å². The molecule has 1 amide bonds. The molecule has 1 aromatic heterocycles. The summed E-state index contributed by atoms with van der Waals surface area (Å²) >= 11 is 0. The first-order valence-electron chi connectivity index (χ1n) is 7.02. The van der Waals surface area contributed by atoms with Gasteiger partial charge in [-0.2, -0.15) is 0 Å². The Morgan fingerprint density at radius 1 is 1.24 bits per heavy atom. The topological polar surface area (TPSA) is 53.4 Å². The van der Waals surface area contributed by atoms with Crippen molar-refractivity contribution in [3.8, 4) is 5.75 Å². The van der Waals surface area contributed by atoms with Gasteiger partial charge in [-0.1, -0.05) is 18.2 Å². The molecule has 4 nitrogen and oxygen atoms in total. The molecule has 1 heterocycles. The summed E-state index contributed by atoms with van der Waals surface area (Å²) < 4.78 is 0. The monoisotopic (exact) mass is 284 g/mol. The Morgan fingerprint density at radius 3 is 2.57 bits per heavy atom. The molecular formula is C17H20N2O2. The number of pyridine rings is 1. The third kappa shape index (κ3) is 4.05. The van der Waals surface area contributed by atoms with Crippen molar-refractivity contribution in [3.05, 3.63) is 59.9 Å². The van der Waals surface area contributed by atoms with Crippen molar-refractivity contribution in [1.29, 1.82) is 0 Å². The number of phenolic OH excluding ortho intramolecular Hbond substituents is 1. The van der Waals surface area contributed by atoms with Crippen LogP contribution in [0.4, 0.5) is 0 Å². The summed E-state index contributed by atoms with van der Waals surface area (Å²) in [5.74, 6) is 0.316. The number of phenols is 1. The summed E-state index contributed by atoms with van der Waals surface area (Å²) in [7, 11) is 1.80. The molecule has 1 N–H and O–H groups in total. The van der Waals surface area contributed by atoms with Crippen LogP contribution in [0.3, 0.4) is 0 Å². The molecule has 4 heteroatoms. The standard InChI is InChI=1S/C17H20N2O2/c1-13(14-6-9-16(20)10-7-14)19(2)17(21)11-8-15-5-3-4-12-18-15/h3-7,9-10,12-13,20H,8,11H2,1-2H3. The quantitative estimate of drug-likeness (QED) is 0.918. The zero-order valence-electron chi connectivity index (χ0n) is 12.4. The summed E-state index contributed by atoms with van der Waals surface area (Å²) in [6, 6.07) is 12.6. The fourth-order valence-corrected chi connectivity index (χ4v) is 2.15. The van der Waals surface area contributed by atoms with Gasteiger partial charge in [0, 0.05) is 25.4 Å². The Labute approximate surface area is 125 Å². The number of aromatic nitrogens is 1. The minimum Gasteiger partial charge on any atom is -0.508 e. The van der Waals surface area contributed by atoms with Crippen LogP contribution in [0.15, 0.2) is 48.7 Å². The lowest BCUT2D eigenvalue weighted by atomic mass is 10.1. The lowest BCUT2D eigenvalue weighted by molar-refractivity contribution is -0.131. The minimum absolute atomic E-state index is 0.0261. The van der Waals surface area contributed by atoms with Gasteiger partial charge < -0.3 is 10.0 Å². The number of amides is 1. The lowest BCUT2D eigenvalue weighted by Gasteiger charge is -2.25. The van der Waals surface area contributed by atoms with Gasteiger partial charge >= 0.3 is 0 Å². The van der Waals surface area contributed by atoms with E-state index in [0.717, 1.165) is 11.3 Å². The van der Waals surface area contributed by atoms with Crippen LogP contribution in [0, 0.1) is 0 Å². The Kier molecular flexibility index (Phi) is 4.93. The van der Waals surface area contributed by atoms with Crippen LogP contribution in [0.2, 0.25) is 0 Å². The van der Waals surface area contributed by atoms with Crippen LogP contribution in [0.1, 0.15) is 30.6 Å². The van der Waals surface area contributed by atoms with E-state index in [9.17, 15) is 9.90 Å². The second kappa shape index (κ2) is 6.88. The smallest absolute Gasteiger partial charge is 0.223 e. The number of carbonyl (C=O) groups is 1. The highest BCUT2D eigenvalue weighted by molar-refractivity contribution is 5.76. The molecule has 0 spiro atoms. The Hall–Kier alpha value is -2.36. The van der Waals surface area contributed by atoms with E-state index in [1.54, 1.807) is 30.3 Å². The maximum absolute atomic E-state index is 12.2.